The maximum absolute atomic E-state index is 13.3. The molecule has 4 rings (SSSR count). The van der Waals surface area contributed by atoms with E-state index in [-0.39, 0.29) is 11.8 Å². The molecule has 0 spiro atoms. The SMILES string of the molecule is CCCCCCCCCCNN(NC(=O)c1cccc2ccccc12)NC(=O)c1cccc2ccccc12. The highest BCUT2D eigenvalue weighted by molar-refractivity contribution is 6.08. The quantitative estimate of drug-likeness (QED) is 0.127. The van der Waals surface area contributed by atoms with Gasteiger partial charge in [0.05, 0.1) is 0 Å². The van der Waals surface area contributed by atoms with Gasteiger partial charge >= 0.3 is 0 Å². The van der Waals surface area contributed by atoms with Crippen LogP contribution in [0, 0.1) is 0 Å². The molecule has 0 aliphatic heterocycles. The van der Waals surface area contributed by atoms with Gasteiger partial charge in [-0.05, 0) is 40.1 Å². The van der Waals surface area contributed by atoms with Crippen LogP contribution in [0.4, 0.5) is 0 Å². The summed E-state index contributed by atoms with van der Waals surface area (Å²) in [6, 6.07) is 26.8. The second kappa shape index (κ2) is 14.3. The van der Waals surface area contributed by atoms with Gasteiger partial charge in [0.25, 0.3) is 11.8 Å². The summed E-state index contributed by atoms with van der Waals surface area (Å²) in [6.07, 6.45) is 9.64. The Morgan fingerprint density at radius 1 is 0.579 bits per heavy atom. The molecule has 3 N–H and O–H groups in total. The number of carbonyl (C=O) groups is 2. The van der Waals surface area contributed by atoms with E-state index in [1.807, 2.05) is 72.8 Å². The fraction of sp³-hybridized carbons (Fsp3) is 0.312. The van der Waals surface area contributed by atoms with Crippen molar-refractivity contribution in [2.45, 2.75) is 58.3 Å². The van der Waals surface area contributed by atoms with Crippen LogP contribution < -0.4 is 16.3 Å². The zero-order chi connectivity index (χ0) is 26.6. The second-order valence-electron chi connectivity index (χ2n) is 9.65. The first-order valence-corrected chi connectivity index (χ1v) is 13.8. The fourth-order valence-electron chi connectivity index (χ4n) is 4.73. The first kappa shape index (κ1) is 27.3. The summed E-state index contributed by atoms with van der Waals surface area (Å²) in [5, 5.41) is 5.00. The summed E-state index contributed by atoms with van der Waals surface area (Å²) < 4.78 is 0. The average Bonchev–Trinajstić information content (AvgIpc) is 2.95. The molecule has 0 saturated carbocycles. The minimum atomic E-state index is -0.302. The highest BCUT2D eigenvalue weighted by Crippen LogP contribution is 2.20. The Kier molecular flexibility index (Phi) is 10.2. The van der Waals surface area contributed by atoms with Crippen molar-refractivity contribution in [2.24, 2.45) is 0 Å². The normalized spacial score (nSPS) is 11.2. The molecule has 0 aromatic heterocycles. The minimum absolute atomic E-state index is 0.302. The maximum Gasteiger partial charge on any atom is 0.268 e. The largest absolute Gasteiger partial charge is 0.268 e. The van der Waals surface area contributed by atoms with Crippen molar-refractivity contribution in [3.63, 3.8) is 0 Å². The number of hydrogen-bond acceptors (Lipinski definition) is 4. The highest BCUT2D eigenvalue weighted by Gasteiger charge is 2.18. The van der Waals surface area contributed by atoms with Crippen LogP contribution in [0.2, 0.25) is 0 Å². The van der Waals surface area contributed by atoms with Gasteiger partial charge in [-0.25, -0.2) is 5.43 Å². The molecular weight excluding hydrogens is 472 g/mol. The molecule has 0 saturated heterocycles. The smallest absolute Gasteiger partial charge is 0.268 e. The highest BCUT2D eigenvalue weighted by atomic mass is 16.2. The van der Waals surface area contributed by atoms with Crippen LogP contribution in [0.5, 0.6) is 0 Å². The average molecular weight is 511 g/mol. The van der Waals surface area contributed by atoms with Gasteiger partial charge in [0, 0.05) is 17.7 Å². The number of hydrogen-bond donors (Lipinski definition) is 3. The Morgan fingerprint density at radius 3 is 1.55 bits per heavy atom. The number of unbranched alkanes of at least 4 members (excludes halogenated alkanes) is 7. The monoisotopic (exact) mass is 510 g/mol. The number of fused-ring (bicyclic) bond motifs is 2. The van der Waals surface area contributed by atoms with Crippen molar-refractivity contribution in [3.8, 4) is 0 Å². The van der Waals surface area contributed by atoms with Gasteiger partial charge in [-0.3, -0.25) is 20.4 Å². The summed E-state index contributed by atoms with van der Waals surface area (Å²) in [6.45, 7) is 2.86. The molecule has 0 unspecified atom stereocenters. The Bertz CT molecular complexity index is 1250. The molecule has 0 aliphatic carbocycles. The van der Waals surface area contributed by atoms with Crippen LogP contribution >= 0.6 is 0 Å². The van der Waals surface area contributed by atoms with Gasteiger partial charge < -0.3 is 0 Å². The van der Waals surface area contributed by atoms with Crippen LogP contribution in [0.1, 0.15) is 79.0 Å². The molecule has 0 aliphatic rings. The van der Waals surface area contributed by atoms with Gasteiger partial charge in [-0.1, -0.05) is 130 Å². The van der Waals surface area contributed by atoms with Crippen LogP contribution in [0.25, 0.3) is 21.5 Å². The Balaban J connectivity index is 1.42. The molecule has 198 valence electrons. The lowest BCUT2D eigenvalue weighted by atomic mass is 10.0. The molecule has 0 heterocycles. The summed E-state index contributed by atoms with van der Waals surface area (Å²) >= 11 is 0. The lowest BCUT2D eigenvalue weighted by molar-refractivity contribution is 0.0331. The van der Waals surface area contributed by atoms with E-state index in [1.54, 1.807) is 12.1 Å². The molecule has 0 bridgehead atoms. The molecule has 0 atom stereocenters. The second-order valence-corrected chi connectivity index (χ2v) is 9.65. The van der Waals surface area contributed by atoms with Crippen molar-refractivity contribution in [2.75, 3.05) is 6.54 Å². The third-order valence-electron chi connectivity index (χ3n) is 6.80. The predicted molar refractivity (Wildman–Crippen MR) is 155 cm³/mol. The van der Waals surface area contributed by atoms with E-state index < -0.39 is 0 Å². The minimum Gasteiger partial charge on any atom is -0.268 e. The standard InChI is InChI=1S/C32H38N4O2/c1-2-3-4-5-6-7-8-13-24-33-36(34-31(37)29-22-14-18-25-16-9-11-20-27(25)29)35-32(38)30-23-15-19-26-17-10-12-21-28(26)30/h9-12,14-23,33H,2-8,13,24H2,1H3,(H,34,37)(H,35,38). The zero-order valence-electron chi connectivity index (χ0n) is 22.2. The van der Waals surface area contributed by atoms with Crippen molar-refractivity contribution >= 4 is 33.4 Å². The number of rotatable bonds is 14. The van der Waals surface area contributed by atoms with E-state index in [9.17, 15) is 9.59 Å². The van der Waals surface area contributed by atoms with Crippen LogP contribution in [-0.4, -0.2) is 23.6 Å². The molecule has 4 aromatic carbocycles. The Morgan fingerprint density at radius 2 is 1.03 bits per heavy atom. The van der Waals surface area contributed by atoms with E-state index in [0.29, 0.717) is 17.7 Å². The van der Waals surface area contributed by atoms with Gasteiger partial charge in [-0.2, -0.15) is 0 Å². The van der Waals surface area contributed by atoms with Crippen LogP contribution in [0.3, 0.4) is 0 Å². The molecular formula is C32H38N4O2. The topological polar surface area (TPSA) is 73.5 Å². The molecule has 4 aromatic rings. The fourth-order valence-corrected chi connectivity index (χ4v) is 4.73. The number of hydrazine groups is 3. The van der Waals surface area contributed by atoms with Gasteiger partial charge in [0.1, 0.15) is 0 Å². The molecule has 2 amide bonds. The van der Waals surface area contributed by atoms with Crippen molar-refractivity contribution in [1.29, 1.82) is 0 Å². The molecule has 38 heavy (non-hydrogen) atoms. The summed E-state index contributed by atoms with van der Waals surface area (Å²) in [7, 11) is 0. The first-order valence-electron chi connectivity index (χ1n) is 13.8. The van der Waals surface area contributed by atoms with E-state index in [1.165, 1.54) is 43.8 Å². The molecule has 6 nitrogen and oxygen atoms in total. The third-order valence-corrected chi connectivity index (χ3v) is 6.80. The van der Waals surface area contributed by atoms with Crippen molar-refractivity contribution in [3.05, 3.63) is 96.1 Å². The zero-order valence-corrected chi connectivity index (χ0v) is 22.2. The lowest BCUT2D eigenvalue weighted by Gasteiger charge is -2.25. The first-order chi connectivity index (χ1) is 18.7. The number of benzene rings is 4. The van der Waals surface area contributed by atoms with Crippen molar-refractivity contribution in [1.82, 2.24) is 21.5 Å². The number of carbonyl (C=O) groups excluding carboxylic acids is 2. The van der Waals surface area contributed by atoms with E-state index in [4.69, 9.17) is 0 Å². The predicted octanol–water partition coefficient (Wildman–Crippen LogP) is 6.93. The lowest BCUT2D eigenvalue weighted by Crippen LogP contribution is -2.60. The van der Waals surface area contributed by atoms with Gasteiger partial charge in [0.2, 0.25) is 0 Å². The molecule has 6 heteroatoms. The number of nitrogens with one attached hydrogen (secondary N) is 3. The van der Waals surface area contributed by atoms with Crippen LogP contribution in [0.15, 0.2) is 84.9 Å². The summed E-state index contributed by atoms with van der Waals surface area (Å²) in [5.74, 6) is -0.605. The Hall–Kier alpha value is -3.74. The van der Waals surface area contributed by atoms with Crippen molar-refractivity contribution < 1.29 is 9.59 Å². The van der Waals surface area contributed by atoms with Crippen LogP contribution in [-0.2, 0) is 0 Å². The van der Waals surface area contributed by atoms with E-state index in [2.05, 4.69) is 23.2 Å². The molecule has 0 fully saturated rings. The third kappa shape index (κ3) is 7.40. The van der Waals surface area contributed by atoms with Gasteiger partial charge in [0.15, 0.2) is 0 Å². The Labute approximate surface area is 225 Å². The maximum atomic E-state index is 13.3. The number of nitrogens with zero attached hydrogens (tertiary/aromatic N) is 1. The molecule has 0 radical (unpaired) electrons. The van der Waals surface area contributed by atoms with Gasteiger partial charge in [-0.15, -0.1) is 0 Å². The number of amides is 2. The van der Waals surface area contributed by atoms with E-state index >= 15 is 0 Å². The summed E-state index contributed by atoms with van der Waals surface area (Å²) in [5.41, 5.74) is 9.99. The van der Waals surface area contributed by atoms with E-state index in [0.717, 1.165) is 34.4 Å². The summed E-state index contributed by atoms with van der Waals surface area (Å²) in [4.78, 5) is 26.6.